The lowest BCUT2D eigenvalue weighted by Crippen LogP contribution is -2.39. The minimum atomic E-state index is 0. The van der Waals surface area contributed by atoms with Gasteiger partial charge >= 0.3 is 0 Å². The Morgan fingerprint density at radius 1 is 1.16 bits per heavy atom. The Kier molecular flexibility index (Phi) is 5.38. The highest BCUT2D eigenvalue weighted by atomic mass is 35.5. The summed E-state index contributed by atoms with van der Waals surface area (Å²) in [7, 11) is 0. The van der Waals surface area contributed by atoms with Crippen LogP contribution in [0.1, 0.15) is 12.0 Å². The first-order valence-corrected chi connectivity index (χ1v) is 7.35. The van der Waals surface area contributed by atoms with Gasteiger partial charge in [-0.1, -0.05) is 29.3 Å². The molecule has 106 valence electrons. The molecule has 2 heterocycles. The highest BCUT2D eigenvalue weighted by molar-refractivity contribution is 6.42. The second-order valence-electron chi connectivity index (χ2n) is 5.45. The second-order valence-corrected chi connectivity index (χ2v) is 6.27. The van der Waals surface area contributed by atoms with Crippen LogP contribution in [-0.2, 0) is 6.54 Å². The third kappa shape index (κ3) is 3.56. The molecule has 5 heteroatoms. The predicted molar refractivity (Wildman–Crippen MR) is 83.5 cm³/mol. The summed E-state index contributed by atoms with van der Waals surface area (Å²) in [6, 6.07) is 5.96. The van der Waals surface area contributed by atoms with Crippen LogP contribution in [0.5, 0.6) is 0 Å². The van der Waals surface area contributed by atoms with E-state index in [1.54, 1.807) is 0 Å². The maximum atomic E-state index is 6.06. The molecule has 0 amide bonds. The smallest absolute Gasteiger partial charge is 0.0595 e. The Hall–Kier alpha value is 0.01000. The van der Waals surface area contributed by atoms with Gasteiger partial charge in [-0.05, 0) is 55.6 Å². The fourth-order valence-electron chi connectivity index (χ4n) is 3.15. The molecule has 0 aromatic heterocycles. The molecule has 2 fully saturated rings. The largest absolute Gasteiger partial charge is 0.316 e. The number of nitrogens with one attached hydrogen (secondary N) is 1. The first kappa shape index (κ1) is 15.4. The van der Waals surface area contributed by atoms with E-state index in [1.807, 2.05) is 12.1 Å². The van der Waals surface area contributed by atoms with Crippen LogP contribution in [0, 0.1) is 11.8 Å². The summed E-state index contributed by atoms with van der Waals surface area (Å²) >= 11 is 12.0. The minimum absolute atomic E-state index is 0. The first-order chi connectivity index (χ1) is 8.72. The summed E-state index contributed by atoms with van der Waals surface area (Å²) in [6.45, 7) is 5.79. The van der Waals surface area contributed by atoms with Gasteiger partial charge in [0.1, 0.15) is 0 Å². The maximum absolute atomic E-state index is 6.06. The average Bonchev–Trinajstić information content (AvgIpc) is 2.81. The molecule has 2 aliphatic rings. The highest BCUT2D eigenvalue weighted by Crippen LogP contribution is 2.28. The van der Waals surface area contributed by atoms with E-state index in [-0.39, 0.29) is 12.4 Å². The zero-order valence-electron chi connectivity index (χ0n) is 10.7. The number of halogens is 3. The number of hydrogen-bond donors (Lipinski definition) is 1. The number of hydrogen-bond acceptors (Lipinski definition) is 2. The summed E-state index contributed by atoms with van der Waals surface area (Å²) in [5.74, 6) is 1.73. The maximum Gasteiger partial charge on any atom is 0.0595 e. The molecule has 1 aromatic rings. The van der Waals surface area contributed by atoms with Crippen molar-refractivity contribution in [3.63, 3.8) is 0 Å². The molecule has 2 nitrogen and oxygen atoms in total. The summed E-state index contributed by atoms with van der Waals surface area (Å²) in [6.07, 6.45) is 1.32. The topological polar surface area (TPSA) is 15.3 Å². The first-order valence-electron chi connectivity index (χ1n) is 6.59. The molecule has 19 heavy (non-hydrogen) atoms. The Bertz CT molecular complexity index is 439. The van der Waals surface area contributed by atoms with Crippen LogP contribution in [0.2, 0.25) is 10.0 Å². The van der Waals surface area contributed by atoms with Crippen molar-refractivity contribution in [2.45, 2.75) is 13.0 Å². The standard InChI is InChI=1S/C14H18Cl2N2.ClH/c15-13-2-1-10(5-14(13)16)8-18-4-3-11-6-17-7-12(11)9-18;/h1-2,5,11-12,17H,3-4,6-9H2;1H. The van der Waals surface area contributed by atoms with Crippen molar-refractivity contribution in [1.82, 2.24) is 10.2 Å². The summed E-state index contributed by atoms with van der Waals surface area (Å²) < 4.78 is 0. The number of fused-ring (bicyclic) bond motifs is 1. The van der Waals surface area contributed by atoms with E-state index in [9.17, 15) is 0 Å². The van der Waals surface area contributed by atoms with Crippen molar-refractivity contribution in [1.29, 1.82) is 0 Å². The molecule has 0 saturated carbocycles. The monoisotopic (exact) mass is 320 g/mol. The fraction of sp³-hybridized carbons (Fsp3) is 0.571. The summed E-state index contributed by atoms with van der Waals surface area (Å²) in [5.41, 5.74) is 1.26. The van der Waals surface area contributed by atoms with E-state index in [2.05, 4.69) is 16.3 Å². The zero-order valence-corrected chi connectivity index (χ0v) is 13.1. The van der Waals surface area contributed by atoms with Crippen molar-refractivity contribution < 1.29 is 0 Å². The van der Waals surface area contributed by atoms with Crippen LogP contribution >= 0.6 is 35.6 Å². The number of benzene rings is 1. The molecule has 2 atom stereocenters. The number of likely N-dealkylation sites (tertiary alicyclic amines) is 1. The second kappa shape index (κ2) is 6.64. The van der Waals surface area contributed by atoms with Gasteiger partial charge in [-0.3, -0.25) is 4.90 Å². The van der Waals surface area contributed by atoms with Crippen LogP contribution < -0.4 is 5.32 Å². The molecule has 2 aliphatic heterocycles. The van der Waals surface area contributed by atoms with Gasteiger partial charge in [0.2, 0.25) is 0 Å². The van der Waals surface area contributed by atoms with E-state index in [4.69, 9.17) is 23.2 Å². The molecule has 0 bridgehead atoms. The van der Waals surface area contributed by atoms with Crippen molar-refractivity contribution in [3.8, 4) is 0 Å². The minimum Gasteiger partial charge on any atom is -0.316 e. The zero-order chi connectivity index (χ0) is 12.5. The molecular formula is C14H19Cl3N2. The third-order valence-corrected chi connectivity index (χ3v) is 4.92. The van der Waals surface area contributed by atoms with Crippen molar-refractivity contribution in [3.05, 3.63) is 33.8 Å². The molecule has 3 rings (SSSR count). The van der Waals surface area contributed by atoms with Crippen LogP contribution in [0.3, 0.4) is 0 Å². The lowest BCUT2D eigenvalue weighted by Gasteiger charge is -2.34. The van der Waals surface area contributed by atoms with Gasteiger partial charge in [-0.2, -0.15) is 0 Å². The predicted octanol–water partition coefficient (Wildman–Crippen LogP) is 3.46. The van der Waals surface area contributed by atoms with E-state index >= 15 is 0 Å². The number of piperidine rings is 1. The van der Waals surface area contributed by atoms with E-state index in [0.29, 0.717) is 10.0 Å². The van der Waals surface area contributed by atoms with Gasteiger partial charge in [0.15, 0.2) is 0 Å². The highest BCUT2D eigenvalue weighted by Gasteiger charge is 2.32. The number of rotatable bonds is 2. The molecule has 0 radical (unpaired) electrons. The molecule has 2 saturated heterocycles. The Labute approximate surface area is 130 Å². The third-order valence-electron chi connectivity index (χ3n) is 4.18. The van der Waals surface area contributed by atoms with Gasteiger partial charge in [-0.15, -0.1) is 12.4 Å². The molecule has 0 aliphatic carbocycles. The molecular weight excluding hydrogens is 303 g/mol. The molecule has 2 unspecified atom stereocenters. The summed E-state index contributed by atoms with van der Waals surface area (Å²) in [5, 5.41) is 4.80. The quantitative estimate of drug-likeness (QED) is 0.897. The molecule has 1 N–H and O–H groups in total. The van der Waals surface area contributed by atoms with Crippen molar-refractivity contribution >= 4 is 35.6 Å². The van der Waals surface area contributed by atoms with Crippen molar-refractivity contribution in [2.24, 2.45) is 11.8 Å². The van der Waals surface area contributed by atoms with Gasteiger partial charge in [0, 0.05) is 13.1 Å². The van der Waals surface area contributed by atoms with Gasteiger partial charge < -0.3 is 5.32 Å². The van der Waals surface area contributed by atoms with Crippen LogP contribution in [0.4, 0.5) is 0 Å². The fourth-order valence-corrected chi connectivity index (χ4v) is 3.47. The number of nitrogens with zero attached hydrogens (tertiary/aromatic N) is 1. The molecule has 0 spiro atoms. The Morgan fingerprint density at radius 2 is 1.95 bits per heavy atom. The molecule has 1 aromatic carbocycles. The van der Waals surface area contributed by atoms with E-state index in [0.717, 1.165) is 18.4 Å². The van der Waals surface area contributed by atoms with Gasteiger partial charge in [0.25, 0.3) is 0 Å². The van der Waals surface area contributed by atoms with Crippen LogP contribution in [-0.4, -0.2) is 31.1 Å². The normalized spacial score (nSPS) is 26.8. The van der Waals surface area contributed by atoms with E-state index in [1.165, 1.54) is 38.2 Å². The lowest BCUT2D eigenvalue weighted by molar-refractivity contribution is 0.142. The van der Waals surface area contributed by atoms with Crippen LogP contribution in [0.25, 0.3) is 0 Å². The van der Waals surface area contributed by atoms with Gasteiger partial charge in [0.05, 0.1) is 10.0 Å². The van der Waals surface area contributed by atoms with Gasteiger partial charge in [-0.25, -0.2) is 0 Å². The SMILES string of the molecule is Cl.Clc1ccc(CN2CCC3CNCC3C2)cc1Cl. The van der Waals surface area contributed by atoms with Crippen LogP contribution in [0.15, 0.2) is 18.2 Å². The van der Waals surface area contributed by atoms with E-state index < -0.39 is 0 Å². The van der Waals surface area contributed by atoms with Crippen molar-refractivity contribution in [2.75, 3.05) is 26.2 Å². The lowest BCUT2D eigenvalue weighted by atomic mass is 9.88. The average molecular weight is 322 g/mol. The Balaban J connectivity index is 0.00000133. The Morgan fingerprint density at radius 3 is 2.74 bits per heavy atom. The summed E-state index contributed by atoms with van der Waals surface area (Å²) in [4.78, 5) is 2.54.